The van der Waals surface area contributed by atoms with Crippen LogP contribution in [0.25, 0.3) is 5.69 Å². The molecule has 0 fully saturated rings. The summed E-state index contributed by atoms with van der Waals surface area (Å²) in [5, 5.41) is 12.2. The van der Waals surface area contributed by atoms with Gasteiger partial charge in [0.25, 0.3) is 0 Å². The Morgan fingerprint density at radius 2 is 1.82 bits per heavy atom. The van der Waals surface area contributed by atoms with Crippen LogP contribution in [0, 0.1) is 17.5 Å². The third-order valence-electron chi connectivity index (χ3n) is 2.07. The van der Waals surface area contributed by atoms with Gasteiger partial charge < -0.3 is 5.11 Å². The molecule has 0 atom stereocenters. The van der Waals surface area contributed by atoms with Crippen LogP contribution in [-0.4, -0.2) is 20.9 Å². The summed E-state index contributed by atoms with van der Waals surface area (Å²) in [6.45, 7) is 0. The third kappa shape index (κ3) is 1.99. The number of halogens is 3. The molecule has 0 saturated carbocycles. The first-order valence-electron chi connectivity index (χ1n) is 4.42. The fraction of sp³-hybridized carbons (Fsp3) is 0. The summed E-state index contributed by atoms with van der Waals surface area (Å²) in [6, 6.07) is 0.968. The number of hydrogen-bond donors (Lipinski definition) is 1. The quantitative estimate of drug-likeness (QED) is 0.819. The first-order chi connectivity index (χ1) is 7.99. The van der Waals surface area contributed by atoms with E-state index in [0.29, 0.717) is 12.1 Å². The van der Waals surface area contributed by atoms with E-state index in [1.807, 2.05) is 0 Å². The highest BCUT2D eigenvalue weighted by molar-refractivity contribution is 5.86. The van der Waals surface area contributed by atoms with Crippen molar-refractivity contribution in [1.82, 2.24) is 9.78 Å². The summed E-state index contributed by atoms with van der Waals surface area (Å²) < 4.78 is 39.7. The maximum atomic E-state index is 13.3. The van der Waals surface area contributed by atoms with E-state index in [2.05, 4.69) is 5.10 Å². The second-order valence-corrected chi connectivity index (χ2v) is 3.20. The van der Waals surface area contributed by atoms with Gasteiger partial charge in [0.05, 0.1) is 11.8 Å². The number of rotatable bonds is 2. The number of benzene rings is 1. The standard InChI is InChI=1S/C10H5F3N2O2/c11-6-1-8(13)9(2-7(6)12)15-4-5(3-14-15)10(16)17/h1-4H,(H,16,17). The Labute approximate surface area is 92.9 Å². The summed E-state index contributed by atoms with van der Waals surface area (Å²) in [7, 11) is 0. The molecule has 4 nitrogen and oxygen atoms in total. The molecule has 2 aromatic rings. The van der Waals surface area contributed by atoms with E-state index < -0.39 is 23.4 Å². The zero-order valence-electron chi connectivity index (χ0n) is 8.19. The van der Waals surface area contributed by atoms with Crippen molar-refractivity contribution in [2.45, 2.75) is 0 Å². The SMILES string of the molecule is O=C(O)c1cnn(-c2cc(F)c(F)cc2F)c1. The lowest BCUT2D eigenvalue weighted by Crippen LogP contribution is -2.01. The first-order valence-corrected chi connectivity index (χ1v) is 4.42. The van der Waals surface area contributed by atoms with E-state index in [4.69, 9.17) is 5.11 Å². The molecule has 0 saturated heterocycles. The van der Waals surface area contributed by atoms with Crippen LogP contribution in [0.2, 0.25) is 0 Å². The van der Waals surface area contributed by atoms with Crippen molar-refractivity contribution in [2.75, 3.05) is 0 Å². The Kier molecular flexibility index (Phi) is 2.58. The fourth-order valence-corrected chi connectivity index (χ4v) is 1.25. The summed E-state index contributed by atoms with van der Waals surface area (Å²) in [6.07, 6.45) is 1.97. The van der Waals surface area contributed by atoms with Crippen LogP contribution in [0.5, 0.6) is 0 Å². The maximum absolute atomic E-state index is 13.3. The van der Waals surface area contributed by atoms with E-state index in [0.717, 1.165) is 17.1 Å². The number of aromatic nitrogens is 2. The maximum Gasteiger partial charge on any atom is 0.338 e. The fourth-order valence-electron chi connectivity index (χ4n) is 1.25. The van der Waals surface area contributed by atoms with Gasteiger partial charge in [0, 0.05) is 18.3 Å². The number of carbonyl (C=O) groups is 1. The lowest BCUT2D eigenvalue weighted by molar-refractivity contribution is 0.0697. The molecule has 2 rings (SSSR count). The Bertz CT molecular complexity index is 595. The number of nitrogens with zero attached hydrogens (tertiary/aromatic N) is 2. The molecule has 0 amide bonds. The van der Waals surface area contributed by atoms with Crippen molar-refractivity contribution in [2.24, 2.45) is 0 Å². The highest BCUT2D eigenvalue weighted by Crippen LogP contribution is 2.17. The van der Waals surface area contributed by atoms with Crippen molar-refractivity contribution < 1.29 is 23.1 Å². The second kappa shape index (κ2) is 3.93. The minimum Gasteiger partial charge on any atom is -0.478 e. The van der Waals surface area contributed by atoms with E-state index in [1.165, 1.54) is 0 Å². The average molecular weight is 242 g/mol. The molecule has 0 aliphatic carbocycles. The van der Waals surface area contributed by atoms with Crippen LogP contribution >= 0.6 is 0 Å². The van der Waals surface area contributed by atoms with Gasteiger partial charge in [0.15, 0.2) is 17.5 Å². The lowest BCUT2D eigenvalue weighted by Gasteiger charge is -2.03. The van der Waals surface area contributed by atoms with E-state index in [9.17, 15) is 18.0 Å². The zero-order valence-corrected chi connectivity index (χ0v) is 8.19. The minimum atomic E-state index is -1.32. The molecule has 0 bridgehead atoms. The normalized spacial score (nSPS) is 10.5. The Morgan fingerprint density at radius 1 is 1.18 bits per heavy atom. The largest absolute Gasteiger partial charge is 0.478 e. The first kappa shape index (κ1) is 11.2. The van der Waals surface area contributed by atoms with Gasteiger partial charge in [0.1, 0.15) is 5.69 Å². The summed E-state index contributed by atoms with van der Waals surface area (Å²) in [5.74, 6) is -4.85. The molecule has 1 aromatic heterocycles. The molecular weight excluding hydrogens is 237 g/mol. The van der Waals surface area contributed by atoms with Gasteiger partial charge >= 0.3 is 5.97 Å². The molecule has 1 aromatic carbocycles. The van der Waals surface area contributed by atoms with Gasteiger partial charge in [-0.15, -0.1) is 0 Å². The summed E-state index contributed by atoms with van der Waals surface area (Å²) >= 11 is 0. The molecule has 0 radical (unpaired) electrons. The third-order valence-corrected chi connectivity index (χ3v) is 2.07. The number of hydrogen-bond acceptors (Lipinski definition) is 2. The van der Waals surface area contributed by atoms with Crippen molar-refractivity contribution in [3.05, 3.63) is 47.5 Å². The molecule has 0 spiro atoms. The Morgan fingerprint density at radius 3 is 2.41 bits per heavy atom. The van der Waals surface area contributed by atoms with Crippen LogP contribution < -0.4 is 0 Å². The van der Waals surface area contributed by atoms with Crippen molar-refractivity contribution in [3.8, 4) is 5.69 Å². The molecule has 88 valence electrons. The van der Waals surface area contributed by atoms with Gasteiger partial charge in [-0.3, -0.25) is 0 Å². The van der Waals surface area contributed by atoms with E-state index in [-0.39, 0.29) is 11.3 Å². The van der Waals surface area contributed by atoms with Gasteiger partial charge in [-0.05, 0) is 0 Å². The molecule has 0 unspecified atom stereocenters. The number of carboxylic acids is 1. The van der Waals surface area contributed by atoms with Gasteiger partial charge in [0.2, 0.25) is 0 Å². The topological polar surface area (TPSA) is 55.1 Å². The van der Waals surface area contributed by atoms with Crippen LogP contribution in [0.15, 0.2) is 24.5 Å². The molecule has 7 heteroatoms. The molecular formula is C10H5F3N2O2. The molecule has 0 aliphatic rings. The van der Waals surface area contributed by atoms with Gasteiger partial charge in [-0.25, -0.2) is 22.6 Å². The smallest absolute Gasteiger partial charge is 0.338 e. The predicted molar refractivity (Wildman–Crippen MR) is 50.4 cm³/mol. The van der Waals surface area contributed by atoms with E-state index >= 15 is 0 Å². The van der Waals surface area contributed by atoms with Crippen LogP contribution in [-0.2, 0) is 0 Å². The van der Waals surface area contributed by atoms with E-state index in [1.54, 1.807) is 0 Å². The van der Waals surface area contributed by atoms with Crippen LogP contribution in [0.4, 0.5) is 13.2 Å². The van der Waals surface area contributed by atoms with Crippen molar-refractivity contribution in [1.29, 1.82) is 0 Å². The second-order valence-electron chi connectivity index (χ2n) is 3.20. The Balaban J connectivity index is 2.52. The highest BCUT2D eigenvalue weighted by Gasteiger charge is 2.14. The monoisotopic (exact) mass is 242 g/mol. The minimum absolute atomic E-state index is 0.186. The predicted octanol–water partition coefficient (Wildman–Crippen LogP) is 1.99. The summed E-state index contributed by atoms with van der Waals surface area (Å²) in [5.41, 5.74) is -0.550. The molecule has 1 heterocycles. The van der Waals surface area contributed by atoms with Crippen LogP contribution in [0.3, 0.4) is 0 Å². The van der Waals surface area contributed by atoms with Gasteiger partial charge in [-0.1, -0.05) is 0 Å². The van der Waals surface area contributed by atoms with Crippen LogP contribution in [0.1, 0.15) is 10.4 Å². The summed E-state index contributed by atoms with van der Waals surface area (Å²) in [4.78, 5) is 10.6. The molecule has 0 aliphatic heterocycles. The average Bonchev–Trinajstić information content (AvgIpc) is 2.72. The number of carboxylic acid groups (broad SMARTS) is 1. The Hall–Kier alpha value is -2.31. The molecule has 17 heavy (non-hydrogen) atoms. The zero-order chi connectivity index (χ0) is 12.6. The molecule has 1 N–H and O–H groups in total. The van der Waals surface area contributed by atoms with Crippen molar-refractivity contribution in [3.63, 3.8) is 0 Å². The highest BCUT2D eigenvalue weighted by atomic mass is 19.2. The van der Waals surface area contributed by atoms with Crippen molar-refractivity contribution >= 4 is 5.97 Å². The van der Waals surface area contributed by atoms with Gasteiger partial charge in [-0.2, -0.15) is 5.10 Å². The number of aromatic carboxylic acids is 1. The lowest BCUT2D eigenvalue weighted by atomic mass is 10.3.